The predicted molar refractivity (Wildman–Crippen MR) is 79.9 cm³/mol. The first kappa shape index (κ1) is 12.8. The molecule has 7 nitrogen and oxygen atoms in total. The van der Waals surface area contributed by atoms with E-state index in [9.17, 15) is 4.79 Å². The summed E-state index contributed by atoms with van der Waals surface area (Å²) in [6, 6.07) is 7.36. The molecular weight excluding hydrogens is 282 g/mol. The monoisotopic (exact) mass is 299 g/mol. The van der Waals surface area contributed by atoms with Gasteiger partial charge in [-0.2, -0.15) is 9.36 Å². The molecule has 0 spiro atoms. The average molecular weight is 299 g/mol. The highest BCUT2D eigenvalue weighted by Crippen LogP contribution is 2.19. The molecule has 0 aliphatic rings. The van der Waals surface area contributed by atoms with E-state index < -0.39 is 0 Å². The van der Waals surface area contributed by atoms with Crippen molar-refractivity contribution < 1.29 is 6.11 Å². The molecule has 0 aliphatic heterocycles. The van der Waals surface area contributed by atoms with Gasteiger partial charge in [-0.25, -0.2) is 4.79 Å². The van der Waals surface area contributed by atoms with Crippen LogP contribution in [0.5, 0.6) is 5.75 Å². The number of rotatable bonds is 4. The van der Waals surface area contributed by atoms with Gasteiger partial charge in [-0.1, -0.05) is 18.2 Å². The van der Waals surface area contributed by atoms with Gasteiger partial charge in [-0.3, -0.25) is 4.98 Å². The molecule has 0 saturated heterocycles. The Morgan fingerprint density at radius 2 is 2.18 bits per heavy atom. The fourth-order valence-corrected chi connectivity index (χ4v) is 2.01. The molecule has 7 heteroatoms. The Hall–Kier alpha value is -2.96. The maximum atomic E-state index is 12.0. The highest BCUT2D eigenvalue weighted by atomic mass is 16.5. The van der Waals surface area contributed by atoms with Crippen LogP contribution in [0.2, 0.25) is 0 Å². The van der Waals surface area contributed by atoms with Gasteiger partial charge in [0.2, 0.25) is 0 Å². The molecule has 0 amide bonds. The van der Waals surface area contributed by atoms with Gasteiger partial charge >= 0.3 is 5.69 Å². The number of benzene rings is 1. The Labute approximate surface area is 128 Å². The molecule has 3 rings (SSSR count). The van der Waals surface area contributed by atoms with Gasteiger partial charge in [0, 0.05) is 18.8 Å². The van der Waals surface area contributed by atoms with Crippen LogP contribution >= 0.6 is 0 Å². The van der Waals surface area contributed by atoms with Gasteiger partial charge in [-0.15, -0.1) is 0 Å². The van der Waals surface area contributed by atoms with Crippen molar-refractivity contribution in [3.8, 4) is 11.4 Å². The minimum atomic E-state index is -0.353. The Morgan fingerprint density at radius 3 is 2.91 bits per heavy atom. The summed E-state index contributed by atoms with van der Waals surface area (Å²) in [5.41, 5.74) is 1.82. The van der Waals surface area contributed by atoms with E-state index in [1.54, 1.807) is 36.7 Å². The number of hydrogen-bond acceptors (Lipinski definition) is 5. The standard InChI is InChI=1S/C15H15N5O2/c1-11-5-3-4-6-14(11)22-10-12-7-8-16-9-13(12)20-15(21)19(2)17-18-20/h3-9H,10H2,1-2H3/i3T. The Kier molecular flexibility index (Phi) is 3.37. The van der Waals surface area contributed by atoms with Crippen LogP contribution in [0, 0.1) is 6.92 Å². The summed E-state index contributed by atoms with van der Waals surface area (Å²) in [6.45, 7) is 2.13. The maximum absolute atomic E-state index is 12.0. The van der Waals surface area contributed by atoms with Gasteiger partial charge in [0.1, 0.15) is 12.4 Å². The van der Waals surface area contributed by atoms with Crippen molar-refractivity contribution in [2.45, 2.75) is 13.5 Å². The van der Waals surface area contributed by atoms with Crippen LogP contribution in [0.15, 0.2) is 47.5 Å². The summed E-state index contributed by atoms with van der Waals surface area (Å²) in [5.74, 6) is 0.690. The SMILES string of the molecule is [3H]c1ccc(OCc2ccncc2-n2nnn(C)c2=O)c(C)c1. The largest absolute Gasteiger partial charge is 0.489 e. The van der Waals surface area contributed by atoms with E-state index in [4.69, 9.17) is 6.11 Å². The number of hydrogen-bond donors (Lipinski definition) is 0. The van der Waals surface area contributed by atoms with Crippen LogP contribution in [0.1, 0.15) is 12.5 Å². The average Bonchev–Trinajstić information content (AvgIpc) is 2.86. The van der Waals surface area contributed by atoms with Gasteiger partial charge < -0.3 is 4.74 Å². The first-order chi connectivity index (χ1) is 11.1. The molecule has 0 atom stereocenters. The second kappa shape index (κ2) is 5.80. The minimum Gasteiger partial charge on any atom is -0.489 e. The third-order valence-corrected chi connectivity index (χ3v) is 3.24. The number of nitrogens with zero attached hydrogens (tertiary/aromatic N) is 5. The number of aryl methyl sites for hydroxylation is 2. The van der Waals surface area contributed by atoms with Gasteiger partial charge in [-0.05, 0) is 35.0 Å². The fourth-order valence-electron chi connectivity index (χ4n) is 2.01. The second-order valence-corrected chi connectivity index (χ2v) is 4.78. The zero-order valence-corrected chi connectivity index (χ0v) is 12.2. The quantitative estimate of drug-likeness (QED) is 0.725. The summed E-state index contributed by atoms with van der Waals surface area (Å²) < 4.78 is 15.7. The van der Waals surface area contributed by atoms with Crippen LogP contribution in [-0.2, 0) is 13.7 Å². The van der Waals surface area contributed by atoms with Crippen molar-refractivity contribution in [1.82, 2.24) is 24.8 Å². The van der Waals surface area contributed by atoms with Crippen molar-refractivity contribution >= 4 is 0 Å². The number of para-hydroxylation sites is 1. The number of aromatic nitrogens is 5. The molecule has 0 unspecified atom stereocenters. The molecule has 1 aromatic carbocycles. The third-order valence-electron chi connectivity index (χ3n) is 3.24. The van der Waals surface area contributed by atoms with E-state index in [0.29, 0.717) is 17.5 Å². The zero-order valence-electron chi connectivity index (χ0n) is 13.2. The van der Waals surface area contributed by atoms with Crippen LogP contribution in [0.3, 0.4) is 0 Å². The fraction of sp³-hybridized carbons (Fsp3) is 0.200. The lowest BCUT2D eigenvalue weighted by molar-refractivity contribution is 0.303. The van der Waals surface area contributed by atoms with Crippen molar-refractivity contribution in [3.63, 3.8) is 0 Å². The van der Waals surface area contributed by atoms with Crippen LogP contribution in [0.25, 0.3) is 5.69 Å². The van der Waals surface area contributed by atoms with Gasteiger partial charge in [0.15, 0.2) is 0 Å². The molecule has 2 heterocycles. The normalized spacial score (nSPS) is 11.3. The first-order valence-corrected chi connectivity index (χ1v) is 6.68. The van der Waals surface area contributed by atoms with Crippen LogP contribution < -0.4 is 10.4 Å². The molecule has 2 aromatic heterocycles. The summed E-state index contributed by atoms with van der Waals surface area (Å²) in [7, 11) is 1.53. The molecule has 0 N–H and O–H groups in total. The van der Waals surface area contributed by atoms with Gasteiger partial charge in [0.05, 0.1) is 13.3 Å². The van der Waals surface area contributed by atoms with E-state index in [0.717, 1.165) is 15.8 Å². The predicted octanol–water partition coefficient (Wildman–Crippen LogP) is 1.25. The van der Waals surface area contributed by atoms with Crippen LogP contribution in [0.4, 0.5) is 0 Å². The van der Waals surface area contributed by atoms with E-state index in [-0.39, 0.29) is 12.3 Å². The second-order valence-electron chi connectivity index (χ2n) is 4.78. The lowest BCUT2D eigenvalue weighted by Gasteiger charge is -2.11. The molecule has 112 valence electrons. The lowest BCUT2D eigenvalue weighted by atomic mass is 10.2. The first-order valence-electron chi connectivity index (χ1n) is 7.18. The topological polar surface area (TPSA) is 74.8 Å². The Morgan fingerprint density at radius 1 is 1.32 bits per heavy atom. The highest BCUT2D eigenvalue weighted by Gasteiger charge is 2.11. The summed E-state index contributed by atoms with van der Waals surface area (Å²) in [6.07, 6.45) is 3.18. The van der Waals surface area contributed by atoms with Gasteiger partial charge in [0.25, 0.3) is 0 Å². The van der Waals surface area contributed by atoms with Crippen LogP contribution in [-0.4, -0.2) is 24.8 Å². The molecule has 0 fully saturated rings. The zero-order chi connectivity index (χ0) is 16.4. The van der Waals surface area contributed by atoms with Crippen molar-refractivity contribution in [3.05, 3.63) is 64.3 Å². The molecule has 3 aromatic rings. The summed E-state index contributed by atoms with van der Waals surface area (Å²) in [4.78, 5) is 16.0. The molecule has 0 bridgehead atoms. The van der Waals surface area contributed by atoms with E-state index >= 15 is 0 Å². The molecule has 0 aliphatic carbocycles. The molecule has 0 radical (unpaired) electrons. The smallest absolute Gasteiger partial charge is 0.368 e. The van der Waals surface area contributed by atoms with E-state index in [1.165, 1.54) is 11.7 Å². The summed E-state index contributed by atoms with van der Waals surface area (Å²) >= 11 is 0. The van der Waals surface area contributed by atoms with Crippen molar-refractivity contribution in [1.29, 1.82) is 0 Å². The van der Waals surface area contributed by atoms with Crippen molar-refractivity contribution in [2.24, 2.45) is 7.05 Å². The molecule has 0 saturated carbocycles. The molecular formula is C15H15N5O2. The number of pyridine rings is 1. The van der Waals surface area contributed by atoms with Crippen molar-refractivity contribution in [2.75, 3.05) is 0 Å². The van der Waals surface area contributed by atoms with E-state index in [2.05, 4.69) is 15.4 Å². The maximum Gasteiger partial charge on any atom is 0.368 e. The third kappa shape index (κ3) is 2.60. The minimum absolute atomic E-state index is 0.249. The van der Waals surface area contributed by atoms with E-state index in [1.807, 2.05) is 6.92 Å². The Bertz CT molecular complexity index is 903. The molecule has 22 heavy (non-hydrogen) atoms. The summed E-state index contributed by atoms with van der Waals surface area (Å²) in [5, 5.41) is 7.53. The highest BCUT2D eigenvalue weighted by molar-refractivity contribution is 5.37. The number of ether oxygens (including phenoxy) is 1. The number of tetrazole rings is 1. The Balaban J connectivity index is 1.89. The lowest BCUT2D eigenvalue weighted by Crippen LogP contribution is -2.23.